The van der Waals surface area contributed by atoms with Crippen molar-refractivity contribution in [3.63, 3.8) is 0 Å². The fourth-order valence-electron chi connectivity index (χ4n) is 2.21. The molecule has 0 radical (unpaired) electrons. The van der Waals surface area contributed by atoms with Crippen LogP contribution in [0.5, 0.6) is 0 Å². The van der Waals surface area contributed by atoms with Gasteiger partial charge in [-0.05, 0) is 30.2 Å². The second-order valence-electron chi connectivity index (χ2n) is 4.68. The highest BCUT2D eigenvalue weighted by molar-refractivity contribution is 5.76. The highest BCUT2D eigenvalue weighted by atomic mass is 16.1. The van der Waals surface area contributed by atoms with Crippen molar-refractivity contribution in [3.8, 4) is 0 Å². The predicted molar refractivity (Wildman–Crippen MR) is 74.6 cm³/mol. The second-order valence-corrected chi connectivity index (χ2v) is 4.68. The molecule has 0 amide bonds. The average molecular weight is 250 g/mol. The van der Waals surface area contributed by atoms with Gasteiger partial charge in [0.1, 0.15) is 11.9 Å². The summed E-state index contributed by atoms with van der Waals surface area (Å²) in [5, 5.41) is 0. The maximum absolute atomic E-state index is 10.8. The van der Waals surface area contributed by atoms with E-state index in [2.05, 4.69) is 24.0 Å². The first-order valence-electron chi connectivity index (χ1n) is 6.23. The molecule has 0 bridgehead atoms. The summed E-state index contributed by atoms with van der Waals surface area (Å²) in [5.74, 6) is 0. The molecule has 0 aliphatic heterocycles. The first-order valence-corrected chi connectivity index (χ1v) is 6.23. The summed E-state index contributed by atoms with van der Waals surface area (Å²) in [6.07, 6.45) is 5.53. The monoisotopic (exact) mass is 250 g/mol. The van der Waals surface area contributed by atoms with Crippen LogP contribution >= 0.6 is 0 Å². The number of carbonyl (C=O) groups is 1. The van der Waals surface area contributed by atoms with Crippen LogP contribution in [0, 0.1) is 6.92 Å². The first-order chi connectivity index (χ1) is 9.26. The number of nitrogens with zero attached hydrogens (tertiary/aromatic N) is 2. The molecule has 19 heavy (non-hydrogen) atoms. The standard InChI is InChI=1S/C16H14N2O/c1-12-4-2-3-5-14(12)9-15-10-18-7-6-13(11-19)8-16(18)17-15/h2-8,10-11H,9H2,1H3. The molecule has 0 aliphatic carbocycles. The van der Waals surface area contributed by atoms with Crippen molar-refractivity contribution >= 4 is 11.9 Å². The summed E-state index contributed by atoms with van der Waals surface area (Å²) in [6, 6.07) is 11.9. The third-order valence-electron chi connectivity index (χ3n) is 3.30. The SMILES string of the molecule is Cc1ccccc1Cc1cn2ccc(C=O)cc2n1. The third kappa shape index (κ3) is 2.27. The number of carbonyl (C=O) groups excluding carboxylic acids is 1. The summed E-state index contributed by atoms with van der Waals surface area (Å²) in [5.41, 5.74) is 5.03. The Morgan fingerprint density at radius 2 is 2.11 bits per heavy atom. The van der Waals surface area contributed by atoms with Crippen molar-refractivity contribution in [2.24, 2.45) is 0 Å². The minimum absolute atomic E-state index is 0.653. The number of imidazole rings is 1. The summed E-state index contributed by atoms with van der Waals surface area (Å²) in [6.45, 7) is 2.11. The van der Waals surface area contributed by atoms with Crippen molar-refractivity contribution in [2.45, 2.75) is 13.3 Å². The minimum Gasteiger partial charge on any atom is -0.307 e. The Hall–Kier alpha value is -2.42. The van der Waals surface area contributed by atoms with E-state index in [0.717, 1.165) is 24.0 Å². The third-order valence-corrected chi connectivity index (χ3v) is 3.30. The maximum Gasteiger partial charge on any atom is 0.150 e. The van der Waals surface area contributed by atoms with E-state index in [1.54, 1.807) is 12.1 Å². The normalized spacial score (nSPS) is 10.8. The van der Waals surface area contributed by atoms with Gasteiger partial charge < -0.3 is 4.40 Å². The maximum atomic E-state index is 10.8. The van der Waals surface area contributed by atoms with E-state index in [1.807, 2.05) is 28.9 Å². The molecule has 0 N–H and O–H groups in total. The Morgan fingerprint density at radius 1 is 1.26 bits per heavy atom. The van der Waals surface area contributed by atoms with Gasteiger partial charge in [0, 0.05) is 24.4 Å². The number of aryl methyl sites for hydroxylation is 1. The summed E-state index contributed by atoms with van der Waals surface area (Å²) >= 11 is 0. The zero-order valence-electron chi connectivity index (χ0n) is 10.7. The Labute approximate surface area is 111 Å². The topological polar surface area (TPSA) is 34.4 Å². The molecular formula is C16H14N2O. The number of pyridine rings is 1. The van der Waals surface area contributed by atoms with Gasteiger partial charge in [0.25, 0.3) is 0 Å². The lowest BCUT2D eigenvalue weighted by atomic mass is 10.0. The lowest BCUT2D eigenvalue weighted by Gasteiger charge is -2.01. The van der Waals surface area contributed by atoms with Crippen LogP contribution in [-0.4, -0.2) is 15.7 Å². The minimum atomic E-state index is 0.653. The van der Waals surface area contributed by atoms with Crippen LogP contribution in [0.4, 0.5) is 0 Å². The molecule has 2 aromatic heterocycles. The highest BCUT2D eigenvalue weighted by Crippen LogP contribution is 2.14. The van der Waals surface area contributed by atoms with Crippen molar-refractivity contribution in [2.75, 3.05) is 0 Å². The number of benzene rings is 1. The fourth-order valence-corrected chi connectivity index (χ4v) is 2.21. The summed E-state index contributed by atoms with van der Waals surface area (Å²) in [4.78, 5) is 15.3. The first kappa shape index (κ1) is 11.7. The molecule has 0 aliphatic rings. The predicted octanol–water partition coefficient (Wildman–Crippen LogP) is 3.05. The van der Waals surface area contributed by atoms with E-state index < -0.39 is 0 Å². The van der Waals surface area contributed by atoms with Crippen LogP contribution in [-0.2, 0) is 6.42 Å². The number of fused-ring (bicyclic) bond motifs is 1. The van der Waals surface area contributed by atoms with Crippen LogP contribution in [0.15, 0.2) is 48.8 Å². The molecule has 0 saturated heterocycles. The van der Waals surface area contributed by atoms with Gasteiger partial charge in [0.05, 0.1) is 5.69 Å². The molecule has 3 rings (SSSR count). The average Bonchev–Trinajstić information content (AvgIpc) is 2.82. The highest BCUT2D eigenvalue weighted by Gasteiger charge is 2.05. The zero-order chi connectivity index (χ0) is 13.2. The van der Waals surface area contributed by atoms with Crippen LogP contribution < -0.4 is 0 Å². The van der Waals surface area contributed by atoms with Crippen molar-refractivity contribution in [3.05, 3.63) is 71.2 Å². The van der Waals surface area contributed by atoms with Gasteiger partial charge >= 0.3 is 0 Å². The number of rotatable bonds is 3. The Morgan fingerprint density at radius 3 is 2.89 bits per heavy atom. The van der Waals surface area contributed by atoms with E-state index >= 15 is 0 Å². The quantitative estimate of drug-likeness (QED) is 0.669. The van der Waals surface area contributed by atoms with E-state index in [0.29, 0.717) is 5.56 Å². The van der Waals surface area contributed by atoms with E-state index in [9.17, 15) is 4.79 Å². The molecule has 2 heterocycles. The van der Waals surface area contributed by atoms with Gasteiger partial charge in [0.15, 0.2) is 0 Å². The van der Waals surface area contributed by atoms with Gasteiger partial charge in [-0.3, -0.25) is 4.79 Å². The number of aromatic nitrogens is 2. The molecule has 0 unspecified atom stereocenters. The zero-order valence-corrected chi connectivity index (χ0v) is 10.7. The summed E-state index contributed by atoms with van der Waals surface area (Å²) in [7, 11) is 0. The Bertz CT molecular complexity index is 743. The molecule has 94 valence electrons. The summed E-state index contributed by atoms with van der Waals surface area (Å²) < 4.78 is 1.95. The van der Waals surface area contributed by atoms with E-state index in [4.69, 9.17) is 0 Å². The lowest BCUT2D eigenvalue weighted by molar-refractivity contribution is 0.112. The number of hydrogen-bond acceptors (Lipinski definition) is 2. The Kier molecular flexibility index (Phi) is 2.88. The fraction of sp³-hybridized carbons (Fsp3) is 0.125. The van der Waals surface area contributed by atoms with Crippen LogP contribution in [0.3, 0.4) is 0 Å². The van der Waals surface area contributed by atoms with Gasteiger partial charge in [-0.15, -0.1) is 0 Å². The molecular weight excluding hydrogens is 236 g/mol. The molecule has 0 atom stereocenters. The van der Waals surface area contributed by atoms with Crippen LogP contribution in [0.25, 0.3) is 5.65 Å². The van der Waals surface area contributed by atoms with Crippen LogP contribution in [0.1, 0.15) is 27.2 Å². The van der Waals surface area contributed by atoms with Gasteiger partial charge in [0.2, 0.25) is 0 Å². The molecule has 0 fully saturated rings. The van der Waals surface area contributed by atoms with Crippen molar-refractivity contribution in [1.82, 2.24) is 9.38 Å². The largest absolute Gasteiger partial charge is 0.307 e. The van der Waals surface area contributed by atoms with Crippen LogP contribution in [0.2, 0.25) is 0 Å². The van der Waals surface area contributed by atoms with E-state index in [-0.39, 0.29) is 0 Å². The lowest BCUT2D eigenvalue weighted by Crippen LogP contribution is -1.91. The molecule has 3 nitrogen and oxygen atoms in total. The second kappa shape index (κ2) is 4.69. The smallest absolute Gasteiger partial charge is 0.150 e. The Balaban J connectivity index is 1.98. The van der Waals surface area contributed by atoms with E-state index in [1.165, 1.54) is 11.1 Å². The van der Waals surface area contributed by atoms with Crippen molar-refractivity contribution < 1.29 is 4.79 Å². The van der Waals surface area contributed by atoms with Crippen molar-refractivity contribution in [1.29, 1.82) is 0 Å². The van der Waals surface area contributed by atoms with Gasteiger partial charge in [-0.1, -0.05) is 24.3 Å². The molecule has 3 aromatic rings. The van der Waals surface area contributed by atoms with Gasteiger partial charge in [-0.2, -0.15) is 0 Å². The molecule has 1 aromatic carbocycles. The molecule has 0 spiro atoms. The number of hydrogen-bond donors (Lipinski definition) is 0. The number of aldehydes is 1. The molecule has 3 heteroatoms. The molecule has 0 saturated carbocycles. The van der Waals surface area contributed by atoms with Gasteiger partial charge in [-0.25, -0.2) is 4.98 Å².